The van der Waals surface area contributed by atoms with E-state index in [0.717, 1.165) is 0 Å². The van der Waals surface area contributed by atoms with Gasteiger partial charge in [0.05, 0.1) is 23.3 Å². The van der Waals surface area contributed by atoms with Crippen LogP contribution in [0.3, 0.4) is 0 Å². The van der Waals surface area contributed by atoms with Crippen molar-refractivity contribution in [1.82, 2.24) is 0 Å². The second-order valence-electron chi connectivity index (χ2n) is 6.62. The largest absolute Gasteiger partial charge is 0.509 e. The van der Waals surface area contributed by atoms with E-state index in [2.05, 4.69) is 0 Å². The Hall–Kier alpha value is -3.06. The summed E-state index contributed by atoms with van der Waals surface area (Å²) < 4.78 is 16.4. The lowest BCUT2D eigenvalue weighted by molar-refractivity contribution is -0.00488. The first-order valence-electron chi connectivity index (χ1n) is 7.78. The van der Waals surface area contributed by atoms with E-state index in [1.165, 1.54) is 30.6 Å². The van der Waals surface area contributed by atoms with Gasteiger partial charge in [-0.2, -0.15) is 0 Å². The van der Waals surface area contributed by atoms with Gasteiger partial charge in [-0.3, -0.25) is 9.59 Å². The lowest BCUT2D eigenvalue weighted by Crippen LogP contribution is -2.46. The number of aromatic hydroxyl groups is 1. The fraction of sp³-hybridized carbons (Fsp3) is 0.222. The molecule has 1 aromatic rings. The van der Waals surface area contributed by atoms with Gasteiger partial charge in [-0.25, -0.2) is 0 Å². The van der Waals surface area contributed by atoms with Crippen molar-refractivity contribution >= 4 is 11.6 Å². The Morgan fingerprint density at radius 3 is 2.84 bits per heavy atom. The Kier molecular flexibility index (Phi) is 1.92. The monoisotopic (exact) mass is 338 g/mol. The Balaban J connectivity index is 1.64. The molecule has 3 heterocycles. The van der Waals surface area contributed by atoms with E-state index >= 15 is 0 Å². The van der Waals surface area contributed by atoms with Crippen molar-refractivity contribution in [3.63, 3.8) is 0 Å². The van der Waals surface area contributed by atoms with E-state index in [1.54, 1.807) is 6.08 Å². The second-order valence-corrected chi connectivity index (χ2v) is 6.62. The zero-order chi connectivity index (χ0) is 17.1. The molecule has 4 atom stereocenters. The molecule has 0 saturated carbocycles. The van der Waals surface area contributed by atoms with Gasteiger partial charge in [-0.15, -0.1) is 0 Å². The zero-order valence-corrected chi connectivity index (χ0v) is 12.6. The summed E-state index contributed by atoms with van der Waals surface area (Å²) in [5.74, 6) is -1.84. The Labute approximate surface area is 140 Å². The maximum Gasteiger partial charge on any atom is 0.250 e. The van der Waals surface area contributed by atoms with E-state index < -0.39 is 29.1 Å². The molecule has 0 aromatic heterocycles. The predicted octanol–water partition coefficient (Wildman–Crippen LogP) is 1.64. The summed E-state index contributed by atoms with van der Waals surface area (Å²) in [7, 11) is 0. The SMILES string of the molecule is O=C1c2cc3c(c(O)c2C(=O)C24OC12C=CC=C4O)[C@@H]1C=CO[C@@H]1O3. The molecule has 3 aliphatic heterocycles. The molecule has 5 aliphatic rings. The smallest absolute Gasteiger partial charge is 0.250 e. The fourth-order valence-corrected chi connectivity index (χ4v) is 4.32. The van der Waals surface area contributed by atoms with Crippen molar-refractivity contribution in [3.05, 3.63) is 59.1 Å². The van der Waals surface area contributed by atoms with Crippen LogP contribution < -0.4 is 4.74 Å². The molecule has 124 valence electrons. The minimum Gasteiger partial charge on any atom is -0.509 e. The van der Waals surface area contributed by atoms with Crippen molar-refractivity contribution in [2.24, 2.45) is 0 Å². The molecule has 0 bridgehead atoms. The van der Waals surface area contributed by atoms with Crippen molar-refractivity contribution in [2.75, 3.05) is 0 Å². The number of ketones is 2. The number of rotatable bonds is 0. The summed E-state index contributed by atoms with van der Waals surface area (Å²) in [5, 5.41) is 21.0. The highest BCUT2D eigenvalue weighted by Gasteiger charge is 2.83. The molecule has 1 aromatic carbocycles. The van der Waals surface area contributed by atoms with Crippen LogP contribution in [-0.2, 0) is 9.47 Å². The van der Waals surface area contributed by atoms with Crippen LogP contribution in [0.2, 0.25) is 0 Å². The lowest BCUT2D eigenvalue weighted by Gasteiger charge is -2.25. The first-order valence-corrected chi connectivity index (χ1v) is 7.78. The average Bonchev–Trinajstić information content (AvgIpc) is 2.93. The molecule has 0 radical (unpaired) electrons. The molecule has 25 heavy (non-hydrogen) atoms. The fourth-order valence-electron chi connectivity index (χ4n) is 4.32. The molecule has 2 aliphatic carbocycles. The van der Waals surface area contributed by atoms with Gasteiger partial charge in [0.2, 0.25) is 17.2 Å². The molecule has 0 spiro atoms. The van der Waals surface area contributed by atoms with Gasteiger partial charge in [-0.05, 0) is 24.3 Å². The lowest BCUT2D eigenvalue weighted by atomic mass is 9.70. The Morgan fingerprint density at radius 2 is 2.00 bits per heavy atom. The summed E-state index contributed by atoms with van der Waals surface area (Å²) in [6, 6.07) is 1.45. The van der Waals surface area contributed by atoms with Crippen LogP contribution in [0.15, 0.2) is 42.4 Å². The van der Waals surface area contributed by atoms with Crippen molar-refractivity contribution in [2.45, 2.75) is 23.4 Å². The van der Waals surface area contributed by atoms with Crippen LogP contribution in [0.1, 0.15) is 32.2 Å². The highest BCUT2D eigenvalue weighted by Crippen LogP contribution is 2.63. The van der Waals surface area contributed by atoms with Crippen LogP contribution in [0.4, 0.5) is 0 Å². The van der Waals surface area contributed by atoms with Crippen molar-refractivity contribution in [3.8, 4) is 11.5 Å². The predicted molar refractivity (Wildman–Crippen MR) is 80.5 cm³/mol. The maximum absolute atomic E-state index is 13.1. The maximum atomic E-state index is 13.1. The molecule has 7 nitrogen and oxygen atoms in total. The summed E-state index contributed by atoms with van der Waals surface area (Å²) in [4.78, 5) is 26.1. The van der Waals surface area contributed by atoms with Crippen LogP contribution in [0, 0.1) is 0 Å². The Morgan fingerprint density at radius 1 is 1.16 bits per heavy atom. The number of carbonyl (C=O) groups excluding carboxylic acids is 2. The van der Waals surface area contributed by atoms with Gasteiger partial charge < -0.3 is 24.4 Å². The van der Waals surface area contributed by atoms with Gasteiger partial charge in [0, 0.05) is 5.56 Å². The number of ether oxygens (including phenoxy) is 3. The molecule has 2 N–H and O–H groups in total. The number of hydrogen-bond donors (Lipinski definition) is 2. The third-order valence-electron chi connectivity index (χ3n) is 5.54. The molecule has 1 saturated heterocycles. The first-order chi connectivity index (χ1) is 12.0. The topological polar surface area (TPSA) is 106 Å². The number of benzene rings is 1. The highest BCUT2D eigenvalue weighted by molar-refractivity contribution is 6.28. The molecule has 1 fully saturated rings. The van der Waals surface area contributed by atoms with E-state index in [9.17, 15) is 19.8 Å². The van der Waals surface area contributed by atoms with Crippen LogP contribution in [0.25, 0.3) is 0 Å². The summed E-state index contributed by atoms with van der Waals surface area (Å²) in [6.45, 7) is 0. The number of carbonyl (C=O) groups is 2. The molecule has 7 heteroatoms. The normalized spacial score (nSPS) is 38.0. The number of phenolic OH excluding ortho intramolecular Hbond substituents is 1. The number of phenols is 1. The summed E-state index contributed by atoms with van der Waals surface area (Å²) in [6.07, 6.45) is 6.82. The van der Waals surface area contributed by atoms with Crippen molar-refractivity contribution in [1.29, 1.82) is 0 Å². The van der Waals surface area contributed by atoms with Gasteiger partial charge in [0.25, 0.3) is 6.29 Å². The minimum absolute atomic E-state index is 0.0256. The quantitative estimate of drug-likeness (QED) is 0.693. The van der Waals surface area contributed by atoms with Crippen molar-refractivity contribution < 1.29 is 34.0 Å². The molecule has 6 rings (SSSR count). The number of epoxide rings is 1. The number of allylic oxidation sites excluding steroid dienone is 2. The molecular weight excluding hydrogens is 328 g/mol. The molecule has 0 amide bonds. The van der Waals surface area contributed by atoms with E-state index in [-0.39, 0.29) is 28.6 Å². The van der Waals surface area contributed by atoms with Crippen LogP contribution in [-0.4, -0.2) is 39.3 Å². The number of Topliss-reactive ketones (excluding diaryl/α,β-unsaturated/α-hetero) is 2. The number of aliphatic hydroxyl groups is 1. The van der Waals surface area contributed by atoms with E-state index in [4.69, 9.17) is 14.2 Å². The average molecular weight is 338 g/mol. The minimum atomic E-state index is -1.77. The van der Waals surface area contributed by atoms with Gasteiger partial charge in [0.15, 0.2) is 5.60 Å². The second kappa shape index (κ2) is 3.62. The number of fused-ring (bicyclic) bond motifs is 4. The standard InChI is InChI=1S/C18H10O7/c19-10-2-1-4-17-14(21)8-6-9-11(7-3-5-23-16(7)24-9)13(20)12(8)15(22)18(10,17)25-17/h1-7,16,19-20H/t7-,16+,17?,18?/m0/s1. The first kappa shape index (κ1) is 13.3. The van der Waals surface area contributed by atoms with Gasteiger partial charge in [-0.1, -0.05) is 6.08 Å². The van der Waals surface area contributed by atoms with Gasteiger partial charge >= 0.3 is 0 Å². The van der Waals surface area contributed by atoms with E-state index in [1.807, 2.05) is 0 Å². The molecule has 2 unspecified atom stereocenters. The number of hydrogen-bond acceptors (Lipinski definition) is 7. The number of aliphatic hydroxyl groups excluding tert-OH is 1. The van der Waals surface area contributed by atoms with Gasteiger partial charge in [0.1, 0.15) is 17.3 Å². The highest BCUT2D eigenvalue weighted by atomic mass is 16.7. The van der Waals surface area contributed by atoms with Crippen LogP contribution >= 0.6 is 0 Å². The summed E-state index contributed by atoms with van der Waals surface area (Å²) in [5.41, 5.74) is -3.02. The molecular formula is C18H10O7. The zero-order valence-electron chi connectivity index (χ0n) is 12.6. The summed E-state index contributed by atoms with van der Waals surface area (Å²) >= 11 is 0. The third kappa shape index (κ3) is 1.15. The van der Waals surface area contributed by atoms with Crippen LogP contribution in [0.5, 0.6) is 11.5 Å². The Bertz CT molecular complexity index is 1020. The van der Waals surface area contributed by atoms with E-state index in [0.29, 0.717) is 11.3 Å². The third-order valence-corrected chi connectivity index (χ3v) is 5.54.